The smallest absolute Gasteiger partial charge is 0.395 e. The minimum Gasteiger partial charge on any atom is -0.395 e. The first-order valence-corrected chi connectivity index (χ1v) is 6.47. The van der Waals surface area contributed by atoms with E-state index in [1.165, 1.54) is 0 Å². The van der Waals surface area contributed by atoms with Gasteiger partial charge in [-0.2, -0.15) is 13.2 Å². The molecule has 2 rings (SSSR count). The van der Waals surface area contributed by atoms with Crippen molar-refractivity contribution in [2.24, 2.45) is 0 Å². The number of hydrogen-bond donors (Lipinski definition) is 0. The van der Waals surface area contributed by atoms with Gasteiger partial charge < -0.3 is 14.1 Å². The van der Waals surface area contributed by atoms with E-state index in [9.17, 15) is 28.1 Å². The molecule has 1 aliphatic rings. The van der Waals surface area contributed by atoms with Crippen molar-refractivity contribution in [1.82, 2.24) is 4.90 Å². The maximum Gasteiger partial charge on any atom is 0.433 e. The minimum atomic E-state index is -4.58. The molecule has 22 heavy (non-hydrogen) atoms. The fourth-order valence-corrected chi connectivity index (χ4v) is 2.24. The fraction of sp³-hybridized carbons (Fsp3) is 0.583. The Morgan fingerprint density at radius 1 is 1.36 bits per heavy atom. The number of hydrogen-bond acceptors (Lipinski definition) is 5. The number of nitro groups is 1. The van der Waals surface area contributed by atoms with Crippen molar-refractivity contribution in [3.63, 3.8) is 0 Å². The first-order chi connectivity index (χ1) is 10.3. The molecule has 0 saturated carbocycles. The summed E-state index contributed by atoms with van der Waals surface area (Å²) in [5, 5.41) is 10.5. The third-order valence-corrected chi connectivity index (χ3v) is 3.22. The highest BCUT2D eigenvalue weighted by Crippen LogP contribution is 2.25. The Hall–Kier alpha value is -2.10. The van der Waals surface area contributed by atoms with Gasteiger partial charge in [-0.3, -0.25) is 14.9 Å². The molecule has 1 amide bonds. The van der Waals surface area contributed by atoms with E-state index in [2.05, 4.69) is 0 Å². The number of ether oxygens (including phenoxy) is 1. The van der Waals surface area contributed by atoms with Crippen LogP contribution in [0, 0.1) is 10.1 Å². The number of rotatable bonds is 4. The molecule has 1 aromatic rings. The number of alkyl halides is 3. The Morgan fingerprint density at radius 2 is 2.00 bits per heavy atom. The summed E-state index contributed by atoms with van der Waals surface area (Å²) < 4.78 is 47.9. The van der Waals surface area contributed by atoms with Crippen LogP contribution in [0.15, 0.2) is 16.5 Å². The van der Waals surface area contributed by atoms with E-state index in [1.54, 1.807) is 0 Å². The summed E-state index contributed by atoms with van der Waals surface area (Å²) in [6, 6.07) is 1.29. The van der Waals surface area contributed by atoms with Crippen LogP contribution < -0.4 is 0 Å². The van der Waals surface area contributed by atoms with Crippen LogP contribution >= 0.6 is 0 Å². The van der Waals surface area contributed by atoms with Gasteiger partial charge in [0.05, 0.1) is 6.07 Å². The lowest BCUT2D eigenvalue weighted by atomic mass is 10.1. The third kappa shape index (κ3) is 3.97. The molecule has 1 aliphatic heterocycles. The molecule has 0 aliphatic carbocycles. The predicted octanol–water partition coefficient (Wildman–Crippen LogP) is 2.37. The van der Waals surface area contributed by atoms with Gasteiger partial charge in [0.1, 0.15) is 11.5 Å². The molecule has 1 fully saturated rings. The maximum atomic E-state index is 12.7. The van der Waals surface area contributed by atoms with E-state index in [0.29, 0.717) is 4.90 Å². The van der Waals surface area contributed by atoms with E-state index in [0.717, 1.165) is 12.1 Å². The maximum absolute atomic E-state index is 12.7. The van der Waals surface area contributed by atoms with Crippen molar-refractivity contribution in [3.8, 4) is 0 Å². The second-order valence-corrected chi connectivity index (χ2v) is 4.79. The van der Waals surface area contributed by atoms with Crippen LogP contribution in [0.25, 0.3) is 0 Å². The molecule has 0 bridgehead atoms. The molecular weight excluding hydrogens is 309 g/mol. The summed E-state index contributed by atoms with van der Waals surface area (Å²) in [5.74, 6) is -2.19. The van der Waals surface area contributed by atoms with Gasteiger partial charge in [-0.05, 0) is 18.9 Å². The van der Waals surface area contributed by atoms with E-state index >= 15 is 0 Å². The molecule has 7 nitrogen and oxygen atoms in total. The predicted molar refractivity (Wildman–Crippen MR) is 66.3 cm³/mol. The Kier molecular flexibility index (Phi) is 4.69. The molecule has 10 heteroatoms. The van der Waals surface area contributed by atoms with Crippen LogP contribution in [0.2, 0.25) is 0 Å². The summed E-state index contributed by atoms with van der Waals surface area (Å²) in [6.45, 7) is -0.930. The van der Waals surface area contributed by atoms with Crippen LogP contribution in [-0.4, -0.2) is 47.7 Å². The Bertz CT molecular complexity index is 551. The van der Waals surface area contributed by atoms with Crippen LogP contribution in [0.1, 0.15) is 23.4 Å². The standard InChI is InChI=1S/C12H13F3N2O5/c13-12(14,15)7-16(8-3-5-21-6-4-8)11(18)9-1-2-10(22-9)17(19)20/h1-2,8H,3-7H2. The minimum absolute atomic E-state index is 0.255. The molecule has 0 spiro atoms. The quantitative estimate of drug-likeness (QED) is 0.627. The first-order valence-electron chi connectivity index (χ1n) is 6.47. The van der Waals surface area contributed by atoms with Gasteiger partial charge in [-0.15, -0.1) is 0 Å². The zero-order valence-corrected chi connectivity index (χ0v) is 11.3. The van der Waals surface area contributed by atoms with E-state index < -0.39 is 41.2 Å². The highest BCUT2D eigenvalue weighted by Gasteiger charge is 2.38. The average Bonchev–Trinajstić information content (AvgIpc) is 2.94. The Balaban J connectivity index is 2.22. The van der Waals surface area contributed by atoms with Gasteiger partial charge >= 0.3 is 12.1 Å². The van der Waals surface area contributed by atoms with E-state index in [-0.39, 0.29) is 26.1 Å². The topological polar surface area (TPSA) is 85.8 Å². The third-order valence-electron chi connectivity index (χ3n) is 3.22. The van der Waals surface area contributed by atoms with Crippen LogP contribution in [0.4, 0.5) is 19.1 Å². The number of nitrogens with zero attached hydrogens (tertiary/aromatic N) is 2. The molecular formula is C12H13F3N2O5. The molecule has 0 N–H and O–H groups in total. The average molecular weight is 322 g/mol. The van der Waals surface area contributed by atoms with Gasteiger partial charge in [0, 0.05) is 19.3 Å². The molecule has 122 valence electrons. The number of halogens is 3. The van der Waals surface area contributed by atoms with Gasteiger partial charge in [0.15, 0.2) is 5.76 Å². The Morgan fingerprint density at radius 3 is 2.50 bits per heavy atom. The largest absolute Gasteiger partial charge is 0.433 e. The van der Waals surface area contributed by atoms with Gasteiger partial charge in [-0.25, -0.2) is 0 Å². The fourth-order valence-electron chi connectivity index (χ4n) is 2.24. The van der Waals surface area contributed by atoms with Crippen LogP contribution in [0.3, 0.4) is 0 Å². The van der Waals surface area contributed by atoms with E-state index in [1.807, 2.05) is 0 Å². The molecule has 2 heterocycles. The Labute approximate surface area is 122 Å². The summed E-state index contributed by atoms with van der Waals surface area (Å²) in [5.41, 5.74) is 0. The highest BCUT2D eigenvalue weighted by molar-refractivity contribution is 5.92. The number of carbonyl (C=O) groups is 1. The lowest BCUT2D eigenvalue weighted by Gasteiger charge is -2.34. The van der Waals surface area contributed by atoms with Gasteiger partial charge in [-0.1, -0.05) is 0 Å². The number of furan rings is 1. The number of amides is 1. The van der Waals surface area contributed by atoms with Crippen molar-refractivity contribution < 1.29 is 32.0 Å². The van der Waals surface area contributed by atoms with Crippen molar-refractivity contribution in [2.45, 2.75) is 25.1 Å². The van der Waals surface area contributed by atoms with Gasteiger partial charge in [0.2, 0.25) is 0 Å². The molecule has 0 atom stereocenters. The summed E-state index contributed by atoms with van der Waals surface area (Å²) in [4.78, 5) is 22.5. The van der Waals surface area contributed by atoms with Crippen molar-refractivity contribution >= 4 is 11.8 Å². The monoisotopic (exact) mass is 322 g/mol. The normalized spacial score (nSPS) is 16.5. The lowest BCUT2D eigenvalue weighted by molar-refractivity contribution is -0.402. The molecule has 1 aromatic heterocycles. The second-order valence-electron chi connectivity index (χ2n) is 4.79. The first kappa shape index (κ1) is 16.3. The molecule has 1 saturated heterocycles. The van der Waals surface area contributed by atoms with Crippen molar-refractivity contribution in [2.75, 3.05) is 19.8 Å². The molecule has 0 aromatic carbocycles. The lowest BCUT2D eigenvalue weighted by Crippen LogP contribution is -2.47. The molecule has 0 unspecified atom stereocenters. The SMILES string of the molecule is O=C(c1ccc([N+](=O)[O-])o1)N(CC(F)(F)F)C1CCOCC1. The van der Waals surface area contributed by atoms with Crippen molar-refractivity contribution in [1.29, 1.82) is 0 Å². The van der Waals surface area contributed by atoms with Gasteiger partial charge in [0.25, 0.3) is 5.91 Å². The van der Waals surface area contributed by atoms with Crippen molar-refractivity contribution in [3.05, 3.63) is 28.0 Å². The molecule has 0 radical (unpaired) electrons. The van der Waals surface area contributed by atoms with Crippen LogP contribution in [-0.2, 0) is 4.74 Å². The zero-order chi connectivity index (χ0) is 16.3. The highest BCUT2D eigenvalue weighted by atomic mass is 19.4. The second kappa shape index (κ2) is 6.34. The summed E-state index contributed by atoms with van der Waals surface area (Å²) in [6.07, 6.45) is -4.04. The summed E-state index contributed by atoms with van der Waals surface area (Å²) >= 11 is 0. The van der Waals surface area contributed by atoms with Crippen LogP contribution in [0.5, 0.6) is 0 Å². The zero-order valence-electron chi connectivity index (χ0n) is 11.3. The summed E-state index contributed by atoms with van der Waals surface area (Å²) in [7, 11) is 0. The van der Waals surface area contributed by atoms with E-state index in [4.69, 9.17) is 9.15 Å². The number of carbonyl (C=O) groups excluding carboxylic acids is 1.